The third-order valence-electron chi connectivity index (χ3n) is 4.35. The van der Waals surface area contributed by atoms with Crippen LogP contribution in [0.15, 0.2) is 39.5 Å². The average Bonchev–Trinajstić information content (AvgIpc) is 3.16. The fraction of sp³-hybridized carbons (Fsp3) is 0.375. The van der Waals surface area contributed by atoms with E-state index in [1.807, 2.05) is 24.3 Å². The average molecular weight is 285 g/mol. The van der Waals surface area contributed by atoms with Gasteiger partial charge in [0.2, 0.25) is 11.7 Å². The van der Waals surface area contributed by atoms with E-state index in [-0.39, 0.29) is 5.41 Å². The Morgan fingerprint density at radius 2 is 1.95 bits per heavy atom. The number of nitrogens with zero attached hydrogens (tertiary/aromatic N) is 2. The fourth-order valence-electron chi connectivity index (χ4n) is 2.63. The third kappa shape index (κ3) is 2.14. The first-order chi connectivity index (χ1) is 10.2. The summed E-state index contributed by atoms with van der Waals surface area (Å²) in [7, 11) is 0. The maximum absolute atomic E-state index is 5.93. The summed E-state index contributed by atoms with van der Waals surface area (Å²) in [5.41, 5.74) is 7.35. The Morgan fingerprint density at radius 1 is 1.19 bits per heavy atom. The van der Waals surface area contributed by atoms with Crippen molar-refractivity contribution in [3.05, 3.63) is 36.4 Å². The number of benzene rings is 1. The molecule has 0 aliphatic carbocycles. The van der Waals surface area contributed by atoms with Gasteiger partial charge in [-0.25, -0.2) is 0 Å². The van der Waals surface area contributed by atoms with Crippen LogP contribution in [0.4, 0.5) is 0 Å². The van der Waals surface area contributed by atoms with E-state index in [9.17, 15) is 0 Å². The third-order valence-corrected chi connectivity index (χ3v) is 4.35. The van der Waals surface area contributed by atoms with Gasteiger partial charge in [0.25, 0.3) is 0 Å². The maximum atomic E-state index is 5.93. The summed E-state index contributed by atoms with van der Waals surface area (Å²) < 4.78 is 11.0. The van der Waals surface area contributed by atoms with Gasteiger partial charge in [0, 0.05) is 11.9 Å². The van der Waals surface area contributed by atoms with Gasteiger partial charge in [-0.2, -0.15) is 4.98 Å². The lowest BCUT2D eigenvalue weighted by atomic mass is 9.82. The van der Waals surface area contributed by atoms with Gasteiger partial charge in [-0.15, -0.1) is 0 Å². The van der Waals surface area contributed by atoms with Gasteiger partial charge in [0.15, 0.2) is 0 Å². The van der Waals surface area contributed by atoms with Crippen molar-refractivity contribution in [3.63, 3.8) is 0 Å². The first kappa shape index (κ1) is 13.8. The lowest BCUT2D eigenvalue weighted by molar-refractivity contribution is 0.267. The number of furan rings is 1. The first-order valence-electron chi connectivity index (χ1n) is 7.25. The molecular weight excluding hydrogens is 266 g/mol. The van der Waals surface area contributed by atoms with Gasteiger partial charge in [-0.05, 0) is 18.9 Å². The number of hydrogen-bond acceptors (Lipinski definition) is 5. The second kappa shape index (κ2) is 5.33. The molecular formula is C16H19N3O2. The van der Waals surface area contributed by atoms with E-state index in [0.717, 1.165) is 29.4 Å². The molecule has 5 heteroatoms. The minimum absolute atomic E-state index is 0.245. The van der Waals surface area contributed by atoms with E-state index in [4.69, 9.17) is 14.7 Å². The summed E-state index contributed by atoms with van der Waals surface area (Å²) in [5, 5.41) is 5.10. The molecule has 3 rings (SSSR count). The minimum Gasteiger partial charge on any atom is -0.464 e. The van der Waals surface area contributed by atoms with Crippen LogP contribution < -0.4 is 5.73 Å². The molecule has 2 heterocycles. The zero-order valence-electron chi connectivity index (χ0n) is 12.3. The van der Waals surface area contributed by atoms with Crippen molar-refractivity contribution in [2.45, 2.75) is 32.1 Å². The molecule has 2 N–H and O–H groups in total. The minimum atomic E-state index is -0.245. The van der Waals surface area contributed by atoms with Gasteiger partial charge in [-0.3, -0.25) is 0 Å². The van der Waals surface area contributed by atoms with Crippen LogP contribution in [0.1, 0.15) is 32.6 Å². The Bertz CT molecular complexity index is 732. The molecule has 0 aliphatic rings. The van der Waals surface area contributed by atoms with E-state index in [1.54, 1.807) is 6.26 Å². The summed E-state index contributed by atoms with van der Waals surface area (Å²) in [5.74, 6) is 1.16. The van der Waals surface area contributed by atoms with E-state index in [1.165, 1.54) is 0 Å². The lowest BCUT2D eigenvalue weighted by Crippen LogP contribution is -2.34. The van der Waals surface area contributed by atoms with Crippen molar-refractivity contribution in [3.8, 4) is 11.4 Å². The molecule has 0 saturated carbocycles. The second-order valence-electron chi connectivity index (χ2n) is 5.26. The molecule has 0 atom stereocenters. The summed E-state index contributed by atoms with van der Waals surface area (Å²) in [6.07, 6.45) is 3.41. The van der Waals surface area contributed by atoms with Crippen LogP contribution in [0.25, 0.3) is 22.4 Å². The standard InChI is InChI=1S/C16H19N3O2/c1-3-16(4-2,10-17)15-18-14(19-21-15)12-9-20-13-8-6-5-7-11(12)13/h5-9H,3-4,10,17H2,1-2H3. The molecule has 1 aromatic carbocycles. The molecule has 0 fully saturated rings. The summed E-state index contributed by atoms with van der Waals surface area (Å²) in [4.78, 5) is 4.57. The second-order valence-corrected chi connectivity index (χ2v) is 5.26. The summed E-state index contributed by atoms with van der Waals surface area (Å²) >= 11 is 0. The predicted molar refractivity (Wildman–Crippen MR) is 80.8 cm³/mol. The molecule has 2 aromatic heterocycles. The Kier molecular flexibility index (Phi) is 3.51. The normalized spacial score (nSPS) is 12.1. The molecule has 0 radical (unpaired) electrons. The van der Waals surface area contributed by atoms with Crippen molar-refractivity contribution in [1.82, 2.24) is 10.1 Å². The van der Waals surface area contributed by atoms with Gasteiger partial charge in [-0.1, -0.05) is 37.2 Å². The molecule has 0 bridgehead atoms. The smallest absolute Gasteiger partial charge is 0.234 e. The Labute approximate surface area is 123 Å². The maximum Gasteiger partial charge on any atom is 0.234 e. The van der Waals surface area contributed by atoms with Crippen LogP contribution in [0.2, 0.25) is 0 Å². The Balaban J connectivity index is 2.06. The quantitative estimate of drug-likeness (QED) is 0.776. The van der Waals surface area contributed by atoms with Crippen molar-refractivity contribution in [2.24, 2.45) is 5.73 Å². The van der Waals surface area contributed by atoms with Crippen LogP contribution in [0.5, 0.6) is 0 Å². The van der Waals surface area contributed by atoms with Crippen LogP contribution in [-0.2, 0) is 5.41 Å². The van der Waals surface area contributed by atoms with Gasteiger partial charge in [0.05, 0.1) is 11.0 Å². The zero-order chi connectivity index (χ0) is 14.9. The number of nitrogens with two attached hydrogens (primary N) is 1. The van der Waals surface area contributed by atoms with Gasteiger partial charge >= 0.3 is 0 Å². The Morgan fingerprint density at radius 3 is 2.67 bits per heavy atom. The van der Waals surface area contributed by atoms with E-state index in [0.29, 0.717) is 18.3 Å². The number of para-hydroxylation sites is 1. The lowest BCUT2D eigenvalue weighted by Gasteiger charge is -2.24. The first-order valence-corrected chi connectivity index (χ1v) is 7.25. The van der Waals surface area contributed by atoms with E-state index < -0.39 is 0 Å². The number of hydrogen-bond donors (Lipinski definition) is 1. The van der Waals surface area contributed by atoms with E-state index in [2.05, 4.69) is 24.0 Å². The van der Waals surface area contributed by atoms with Crippen molar-refractivity contribution in [1.29, 1.82) is 0 Å². The van der Waals surface area contributed by atoms with Crippen molar-refractivity contribution < 1.29 is 8.94 Å². The van der Waals surface area contributed by atoms with Gasteiger partial charge < -0.3 is 14.7 Å². The fourth-order valence-corrected chi connectivity index (χ4v) is 2.63. The molecule has 0 unspecified atom stereocenters. The highest BCUT2D eigenvalue weighted by atomic mass is 16.5. The summed E-state index contributed by atoms with van der Waals surface area (Å²) in [6.45, 7) is 4.68. The number of aromatic nitrogens is 2. The predicted octanol–water partition coefficient (Wildman–Crippen LogP) is 3.50. The monoisotopic (exact) mass is 285 g/mol. The summed E-state index contributed by atoms with van der Waals surface area (Å²) in [6, 6.07) is 7.80. The molecule has 0 aliphatic heterocycles. The molecule has 0 saturated heterocycles. The molecule has 0 amide bonds. The topological polar surface area (TPSA) is 78.1 Å². The highest BCUT2D eigenvalue weighted by Gasteiger charge is 2.33. The largest absolute Gasteiger partial charge is 0.464 e. The van der Waals surface area contributed by atoms with Gasteiger partial charge in [0.1, 0.15) is 11.8 Å². The van der Waals surface area contributed by atoms with Crippen LogP contribution in [0, 0.1) is 0 Å². The number of fused-ring (bicyclic) bond motifs is 1. The highest BCUT2D eigenvalue weighted by Crippen LogP contribution is 2.33. The highest BCUT2D eigenvalue weighted by molar-refractivity contribution is 5.91. The number of rotatable bonds is 5. The zero-order valence-corrected chi connectivity index (χ0v) is 12.3. The molecule has 3 aromatic rings. The van der Waals surface area contributed by atoms with Crippen LogP contribution >= 0.6 is 0 Å². The molecule has 110 valence electrons. The van der Waals surface area contributed by atoms with Crippen molar-refractivity contribution >= 4 is 11.0 Å². The van der Waals surface area contributed by atoms with Crippen molar-refractivity contribution in [2.75, 3.05) is 6.54 Å². The molecule has 0 spiro atoms. The Hall–Kier alpha value is -2.14. The SMILES string of the molecule is CCC(CC)(CN)c1nc(-c2coc3ccccc23)no1. The molecule has 21 heavy (non-hydrogen) atoms. The van der Waals surface area contributed by atoms with Crippen LogP contribution in [-0.4, -0.2) is 16.7 Å². The molecule has 5 nitrogen and oxygen atoms in total. The van der Waals surface area contributed by atoms with E-state index >= 15 is 0 Å². The van der Waals surface area contributed by atoms with Crippen LogP contribution in [0.3, 0.4) is 0 Å².